The van der Waals surface area contributed by atoms with Gasteiger partial charge >= 0.3 is 0 Å². The number of nitrogens with one attached hydrogen (secondary N) is 1. The van der Waals surface area contributed by atoms with Crippen LogP contribution in [0.25, 0.3) is 0 Å². The summed E-state index contributed by atoms with van der Waals surface area (Å²) >= 11 is 4.86. The van der Waals surface area contributed by atoms with E-state index in [0.717, 1.165) is 22.3 Å². The average molecular weight is 361 g/mol. The third-order valence-electron chi connectivity index (χ3n) is 3.92. The summed E-state index contributed by atoms with van der Waals surface area (Å²) in [5.41, 5.74) is 12.3. The zero-order chi connectivity index (χ0) is 18.4. The van der Waals surface area contributed by atoms with Crippen LogP contribution in [0.4, 0.5) is 0 Å². The largest absolute Gasteiger partial charge is 0.384 e. The summed E-state index contributed by atoms with van der Waals surface area (Å²) in [5, 5.41) is 15.1. The lowest BCUT2D eigenvalue weighted by Gasteiger charge is -2.14. The molecule has 0 saturated carbocycles. The smallest absolute Gasteiger partial charge is 0.184 e. The first-order chi connectivity index (χ1) is 12.6. The van der Waals surface area contributed by atoms with Gasteiger partial charge in [0.15, 0.2) is 5.11 Å². The number of hydrogen-bond donors (Lipinski definition) is 3. The van der Waals surface area contributed by atoms with Crippen molar-refractivity contribution < 1.29 is 5.11 Å². The van der Waals surface area contributed by atoms with Crippen LogP contribution in [0.15, 0.2) is 90.0 Å². The molecular weight excluding hydrogens is 342 g/mol. The summed E-state index contributed by atoms with van der Waals surface area (Å²) in [7, 11) is 0. The molecule has 130 valence electrons. The van der Waals surface area contributed by atoms with Crippen molar-refractivity contribution in [3.05, 3.63) is 107 Å². The number of aliphatic hydroxyl groups excluding tert-OH is 1. The first kappa shape index (κ1) is 17.8. The second kappa shape index (κ2) is 8.38. The fraction of sp³-hybridized carbons (Fsp3) is 0.0476. The van der Waals surface area contributed by atoms with Gasteiger partial charge in [0.1, 0.15) is 6.10 Å². The van der Waals surface area contributed by atoms with E-state index in [1.54, 1.807) is 0 Å². The number of thiocarbonyl (C=S) groups is 1. The van der Waals surface area contributed by atoms with Crippen molar-refractivity contribution in [2.24, 2.45) is 10.8 Å². The van der Waals surface area contributed by atoms with E-state index in [1.807, 2.05) is 84.9 Å². The monoisotopic (exact) mass is 361 g/mol. The maximum Gasteiger partial charge on any atom is 0.184 e. The number of rotatable bonds is 5. The highest BCUT2D eigenvalue weighted by atomic mass is 32.1. The number of hydrazone groups is 1. The molecule has 0 bridgehead atoms. The fourth-order valence-corrected chi connectivity index (χ4v) is 2.73. The molecule has 0 spiro atoms. The summed E-state index contributed by atoms with van der Waals surface area (Å²) in [6.45, 7) is 0. The van der Waals surface area contributed by atoms with Gasteiger partial charge in [-0.3, -0.25) is 5.43 Å². The van der Waals surface area contributed by atoms with Crippen molar-refractivity contribution in [2.45, 2.75) is 6.10 Å². The molecule has 4 N–H and O–H groups in total. The third-order valence-corrected chi connectivity index (χ3v) is 4.01. The maximum atomic E-state index is 10.7. The lowest BCUT2D eigenvalue weighted by molar-refractivity contribution is 0.220. The molecule has 0 aliphatic carbocycles. The van der Waals surface area contributed by atoms with Gasteiger partial charge in [0.2, 0.25) is 0 Å². The van der Waals surface area contributed by atoms with Crippen LogP contribution < -0.4 is 11.2 Å². The summed E-state index contributed by atoms with van der Waals surface area (Å²) in [5.74, 6) is 0. The highest BCUT2D eigenvalue weighted by Crippen LogP contribution is 2.23. The van der Waals surface area contributed by atoms with Gasteiger partial charge in [-0.25, -0.2) is 0 Å². The molecule has 0 aliphatic heterocycles. The second-order valence-corrected chi connectivity index (χ2v) is 6.18. The minimum Gasteiger partial charge on any atom is -0.384 e. The van der Waals surface area contributed by atoms with Crippen molar-refractivity contribution in [2.75, 3.05) is 0 Å². The number of aliphatic hydroxyl groups is 1. The molecule has 0 radical (unpaired) electrons. The number of nitrogens with zero attached hydrogens (tertiary/aromatic N) is 1. The summed E-state index contributed by atoms with van der Waals surface area (Å²) < 4.78 is 0. The average Bonchev–Trinajstić information content (AvgIpc) is 2.69. The molecule has 3 aromatic rings. The lowest BCUT2D eigenvalue weighted by Crippen LogP contribution is -2.26. The number of hydrogen-bond acceptors (Lipinski definition) is 3. The van der Waals surface area contributed by atoms with Crippen LogP contribution in [0.1, 0.15) is 28.4 Å². The van der Waals surface area contributed by atoms with Crippen LogP contribution in [0.5, 0.6) is 0 Å². The van der Waals surface area contributed by atoms with Gasteiger partial charge in [-0.1, -0.05) is 78.9 Å². The summed E-state index contributed by atoms with van der Waals surface area (Å²) in [6.07, 6.45) is -0.711. The molecule has 0 amide bonds. The van der Waals surface area contributed by atoms with Crippen molar-refractivity contribution in [1.29, 1.82) is 0 Å². The van der Waals surface area contributed by atoms with Crippen LogP contribution in [0.3, 0.4) is 0 Å². The van der Waals surface area contributed by atoms with Gasteiger partial charge in [-0.2, -0.15) is 5.10 Å². The van der Waals surface area contributed by atoms with E-state index in [-0.39, 0.29) is 5.11 Å². The van der Waals surface area contributed by atoms with E-state index < -0.39 is 6.10 Å². The summed E-state index contributed by atoms with van der Waals surface area (Å²) in [4.78, 5) is 0. The Bertz CT molecular complexity index is 911. The van der Waals surface area contributed by atoms with E-state index >= 15 is 0 Å². The number of benzene rings is 3. The van der Waals surface area contributed by atoms with Crippen molar-refractivity contribution in [3.8, 4) is 0 Å². The Balaban J connectivity index is 2.00. The first-order valence-electron chi connectivity index (χ1n) is 8.17. The molecule has 0 aliphatic rings. The minimum atomic E-state index is -0.711. The first-order valence-corrected chi connectivity index (χ1v) is 8.58. The van der Waals surface area contributed by atoms with Crippen LogP contribution >= 0.6 is 12.2 Å². The predicted octanol–water partition coefficient (Wildman–Crippen LogP) is 3.35. The Hall–Kier alpha value is -3.02. The Morgan fingerprint density at radius 1 is 0.846 bits per heavy atom. The Morgan fingerprint density at radius 2 is 1.42 bits per heavy atom. The van der Waals surface area contributed by atoms with E-state index in [1.165, 1.54) is 0 Å². The minimum absolute atomic E-state index is 0.0962. The van der Waals surface area contributed by atoms with E-state index in [4.69, 9.17) is 18.0 Å². The topological polar surface area (TPSA) is 70.6 Å². The van der Waals surface area contributed by atoms with Crippen LogP contribution in [-0.2, 0) is 0 Å². The SMILES string of the molecule is NC(=S)N/N=C(/c1ccccc1)c1cccc(C(O)c2ccccc2)c1. The standard InChI is InChI=1S/C21H19N3OS/c22-21(26)24-23-19(15-8-3-1-4-9-15)17-12-7-13-18(14-17)20(25)16-10-5-2-6-11-16/h1-14,20,25H,(H3,22,24,26)/b23-19-. The highest BCUT2D eigenvalue weighted by molar-refractivity contribution is 7.80. The zero-order valence-electron chi connectivity index (χ0n) is 14.0. The molecule has 4 nitrogen and oxygen atoms in total. The van der Waals surface area contributed by atoms with Crippen LogP contribution in [0.2, 0.25) is 0 Å². The molecule has 0 fully saturated rings. The molecule has 26 heavy (non-hydrogen) atoms. The van der Waals surface area contributed by atoms with E-state index in [0.29, 0.717) is 5.71 Å². The predicted molar refractivity (Wildman–Crippen MR) is 109 cm³/mol. The van der Waals surface area contributed by atoms with Gasteiger partial charge in [-0.15, -0.1) is 0 Å². The lowest BCUT2D eigenvalue weighted by atomic mass is 9.96. The fourth-order valence-electron chi connectivity index (χ4n) is 2.69. The molecule has 3 rings (SSSR count). The Morgan fingerprint density at radius 3 is 2.08 bits per heavy atom. The van der Waals surface area contributed by atoms with Gasteiger partial charge in [0.05, 0.1) is 5.71 Å². The Kier molecular flexibility index (Phi) is 5.73. The van der Waals surface area contributed by atoms with Crippen molar-refractivity contribution >= 4 is 23.0 Å². The number of nitrogens with two attached hydrogens (primary N) is 1. The van der Waals surface area contributed by atoms with Gasteiger partial charge in [-0.05, 0) is 29.4 Å². The van der Waals surface area contributed by atoms with Gasteiger partial charge in [0.25, 0.3) is 0 Å². The molecule has 1 atom stereocenters. The molecule has 5 heteroatoms. The molecule has 0 aromatic heterocycles. The zero-order valence-corrected chi connectivity index (χ0v) is 14.9. The van der Waals surface area contributed by atoms with Crippen molar-refractivity contribution in [1.82, 2.24) is 5.43 Å². The summed E-state index contributed by atoms with van der Waals surface area (Å²) in [6, 6.07) is 26.9. The highest BCUT2D eigenvalue weighted by Gasteiger charge is 2.13. The van der Waals surface area contributed by atoms with Gasteiger partial charge in [0, 0.05) is 11.1 Å². The Labute approximate surface area is 158 Å². The normalized spacial score (nSPS) is 12.4. The quantitative estimate of drug-likeness (QED) is 0.370. The molecule has 3 aromatic carbocycles. The molecule has 1 unspecified atom stereocenters. The van der Waals surface area contributed by atoms with Crippen LogP contribution in [0, 0.1) is 0 Å². The third kappa shape index (κ3) is 4.33. The van der Waals surface area contributed by atoms with E-state index in [9.17, 15) is 5.11 Å². The van der Waals surface area contributed by atoms with E-state index in [2.05, 4.69) is 10.5 Å². The van der Waals surface area contributed by atoms with Gasteiger partial charge < -0.3 is 10.8 Å². The molecule has 0 heterocycles. The van der Waals surface area contributed by atoms with Crippen LogP contribution in [-0.4, -0.2) is 15.9 Å². The van der Waals surface area contributed by atoms with Crippen molar-refractivity contribution in [3.63, 3.8) is 0 Å². The second-order valence-electron chi connectivity index (χ2n) is 5.74. The molecule has 0 saturated heterocycles. The molecular formula is C21H19N3OS. The maximum absolute atomic E-state index is 10.7.